The Morgan fingerprint density at radius 1 is 1.73 bits per heavy atom. The van der Waals surface area contributed by atoms with Crippen molar-refractivity contribution < 1.29 is 0 Å². The van der Waals surface area contributed by atoms with Gasteiger partial charge in [0, 0.05) is 19.8 Å². The zero-order valence-electron chi connectivity index (χ0n) is 6.49. The number of hydrogen-bond acceptors (Lipinski definition) is 2. The van der Waals surface area contributed by atoms with E-state index < -0.39 is 0 Å². The lowest BCUT2D eigenvalue weighted by Crippen LogP contribution is -2.14. The van der Waals surface area contributed by atoms with Crippen LogP contribution in [0.25, 0.3) is 0 Å². The van der Waals surface area contributed by atoms with Gasteiger partial charge < -0.3 is 5.32 Å². The molecule has 0 fully saturated rings. The maximum atomic E-state index is 4.30. The second kappa shape index (κ2) is 2.51. The summed E-state index contributed by atoms with van der Waals surface area (Å²) in [5.41, 5.74) is 1.10. The molecule has 3 heteroatoms. The van der Waals surface area contributed by atoms with Crippen molar-refractivity contribution in [3.63, 3.8) is 0 Å². The van der Waals surface area contributed by atoms with Gasteiger partial charge in [-0.2, -0.15) is 5.10 Å². The van der Waals surface area contributed by atoms with Crippen LogP contribution in [0.5, 0.6) is 0 Å². The van der Waals surface area contributed by atoms with Gasteiger partial charge in [-0.3, -0.25) is 4.68 Å². The molecule has 0 spiro atoms. The largest absolute Gasteiger partial charge is 0.302 e. The molecule has 1 aliphatic heterocycles. The van der Waals surface area contributed by atoms with E-state index in [0.29, 0.717) is 6.04 Å². The molecule has 0 radical (unpaired) electrons. The molecule has 1 aliphatic rings. The van der Waals surface area contributed by atoms with Crippen molar-refractivity contribution in [3.8, 4) is 0 Å². The van der Waals surface area contributed by atoms with E-state index in [9.17, 15) is 0 Å². The number of aryl methyl sites for hydroxylation is 1. The monoisotopic (exact) mass is 149 g/mol. The molecule has 1 unspecified atom stereocenters. The molecule has 2 rings (SSSR count). The lowest BCUT2D eigenvalue weighted by molar-refractivity contribution is 0.658. The third-order valence-corrected chi connectivity index (χ3v) is 1.84. The molecule has 1 N–H and O–H groups in total. The Balaban J connectivity index is 2.22. The molecule has 1 aromatic heterocycles. The summed E-state index contributed by atoms with van der Waals surface area (Å²) in [4.78, 5) is 0. The molecule has 0 amide bonds. The molecule has 0 saturated carbocycles. The van der Waals surface area contributed by atoms with E-state index in [0.717, 1.165) is 12.2 Å². The number of nitrogens with one attached hydrogen (secondary N) is 1. The maximum absolute atomic E-state index is 4.30. The normalized spacial score (nSPS) is 22.8. The van der Waals surface area contributed by atoms with Crippen LogP contribution in [0.2, 0.25) is 0 Å². The molecule has 0 saturated heterocycles. The highest BCUT2D eigenvalue weighted by Crippen LogP contribution is 2.14. The minimum atomic E-state index is 0.330. The fourth-order valence-electron chi connectivity index (χ4n) is 1.27. The minimum absolute atomic E-state index is 0.330. The summed E-state index contributed by atoms with van der Waals surface area (Å²) < 4.78 is 1.82. The first kappa shape index (κ1) is 6.61. The number of nitrogens with zero attached hydrogens (tertiary/aromatic N) is 2. The average molecular weight is 149 g/mol. The predicted molar refractivity (Wildman–Crippen MR) is 43.1 cm³/mol. The van der Waals surface area contributed by atoms with E-state index in [1.807, 2.05) is 24.0 Å². The van der Waals surface area contributed by atoms with Gasteiger partial charge in [-0.1, -0.05) is 12.2 Å². The van der Waals surface area contributed by atoms with Gasteiger partial charge in [-0.25, -0.2) is 0 Å². The first-order valence-corrected chi connectivity index (χ1v) is 3.76. The highest BCUT2D eigenvalue weighted by atomic mass is 15.3. The topological polar surface area (TPSA) is 29.9 Å². The molecule has 1 atom stereocenters. The van der Waals surface area contributed by atoms with Crippen LogP contribution in [0.1, 0.15) is 11.7 Å². The predicted octanol–water partition coefficient (Wildman–Crippen LogP) is 0.621. The Bertz CT molecular complexity index is 275. The van der Waals surface area contributed by atoms with Crippen molar-refractivity contribution in [2.45, 2.75) is 6.04 Å². The van der Waals surface area contributed by atoms with Crippen molar-refractivity contribution in [3.05, 3.63) is 30.1 Å². The summed E-state index contributed by atoms with van der Waals surface area (Å²) in [7, 11) is 1.93. The van der Waals surface area contributed by atoms with Crippen LogP contribution in [-0.2, 0) is 7.05 Å². The van der Waals surface area contributed by atoms with E-state index in [-0.39, 0.29) is 0 Å². The summed E-state index contributed by atoms with van der Waals surface area (Å²) in [6.07, 6.45) is 6.23. The van der Waals surface area contributed by atoms with Crippen molar-refractivity contribution in [2.24, 2.45) is 7.05 Å². The van der Waals surface area contributed by atoms with Crippen LogP contribution in [0.15, 0.2) is 24.4 Å². The summed E-state index contributed by atoms with van der Waals surface area (Å²) in [6, 6.07) is 2.36. The Morgan fingerprint density at radius 3 is 3.18 bits per heavy atom. The summed E-state index contributed by atoms with van der Waals surface area (Å²) in [5.74, 6) is 0. The molecule has 58 valence electrons. The number of aromatic nitrogens is 2. The van der Waals surface area contributed by atoms with Gasteiger partial charge in [0.2, 0.25) is 0 Å². The van der Waals surface area contributed by atoms with Crippen LogP contribution in [0, 0.1) is 0 Å². The number of hydrogen-bond donors (Lipinski definition) is 1. The minimum Gasteiger partial charge on any atom is -0.302 e. The fraction of sp³-hybridized carbons (Fsp3) is 0.375. The quantitative estimate of drug-likeness (QED) is 0.593. The Hall–Kier alpha value is -1.09. The zero-order chi connectivity index (χ0) is 7.68. The third-order valence-electron chi connectivity index (χ3n) is 1.84. The first-order valence-electron chi connectivity index (χ1n) is 3.76. The van der Waals surface area contributed by atoms with E-state index in [1.54, 1.807) is 0 Å². The molecule has 0 aromatic carbocycles. The summed E-state index contributed by atoms with van der Waals surface area (Å²) in [5, 5.41) is 7.59. The first-order chi connectivity index (χ1) is 5.36. The van der Waals surface area contributed by atoms with Gasteiger partial charge in [0.25, 0.3) is 0 Å². The van der Waals surface area contributed by atoms with Gasteiger partial charge in [-0.15, -0.1) is 0 Å². The van der Waals surface area contributed by atoms with Gasteiger partial charge >= 0.3 is 0 Å². The smallest absolute Gasteiger partial charge is 0.0833 e. The lowest BCUT2D eigenvalue weighted by atomic mass is 10.2. The van der Waals surface area contributed by atoms with E-state index in [2.05, 4.69) is 22.6 Å². The van der Waals surface area contributed by atoms with Crippen molar-refractivity contribution >= 4 is 0 Å². The molecule has 1 aromatic rings. The Labute approximate surface area is 65.7 Å². The SMILES string of the molecule is Cn1ccc(C2C=CCN2)n1. The van der Waals surface area contributed by atoms with Crippen LogP contribution in [-0.4, -0.2) is 16.3 Å². The van der Waals surface area contributed by atoms with Crippen LogP contribution in [0.4, 0.5) is 0 Å². The second-order valence-electron chi connectivity index (χ2n) is 2.73. The van der Waals surface area contributed by atoms with E-state index in [1.165, 1.54) is 0 Å². The highest BCUT2D eigenvalue weighted by molar-refractivity contribution is 5.16. The average Bonchev–Trinajstić information content (AvgIpc) is 2.55. The van der Waals surface area contributed by atoms with Crippen LogP contribution >= 0.6 is 0 Å². The van der Waals surface area contributed by atoms with Gasteiger partial charge in [0.1, 0.15) is 0 Å². The molecular weight excluding hydrogens is 138 g/mol. The Morgan fingerprint density at radius 2 is 2.64 bits per heavy atom. The Kier molecular flexibility index (Phi) is 1.51. The van der Waals surface area contributed by atoms with Crippen molar-refractivity contribution in [1.82, 2.24) is 15.1 Å². The highest BCUT2D eigenvalue weighted by Gasteiger charge is 2.12. The fourth-order valence-corrected chi connectivity index (χ4v) is 1.27. The van der Waals surface area contributed by atoms with Crippen LogP contribution < -0.4 is 5.32 Å². The van der Waals surface area contributed by atoms with Gasteiger partial charge in [-0.05, 0) is 6.07 Å². The summed E-state index contributed by atoms with van der Waals surface area (Å²) >= 11 is 0. The van der Waals surface area contributed by atoms with Gasteiger partial charge in [0.05, 0.1) is 11.7 Å². The molecule has 0 aliphatic carbocycles. The number of rotatable bonds is 1. The van der Waals surface area contributed by atoms with E-state index >= 15 is 0 Å². The molecule has 2 heterocycles. The zero-order valence-corrected chi connectivity index (χ0v) is 6.49. The van der Waals surface area contributed by atoms with Gasteiger partial charge in [0.15, 0.2) is 0 Å². The maximum Gasteiger partial charge on any atom is 0.0833 e. The van der Waals surface area contributed by atoms with Crippen molar-refractivity contribution in [1.29, 1.82) is 0 Å². The lowest BCUT2D eigenvalue weighted by Gasteiger charge is -2.03. The van der Waals surface area contributed by atoms with E-state index in [4.69, 9.17) is 0 Å². The third kappa shape index (κ3) is 1.19. The molecule has 3 nitrogen and oxygen atoms in total. The summed E-state index contributed by atoms with van der Waals surface area (Å²) in [6.45, 7) is 0.960. The van der Waals surface area contributed by atoms with Crippen LogP contribution in [0.3, 0.4) is 0 Å². The second-order valence-corrected chi connectivity index (χ2v) is 2.73. The molecular formula is C8H11N3. The molecule has 0 bridgehead atoms. The standard InChI is InChI=1S/C8H11N3/c1-11-6-4-8(10-11)7-3-2-5-9-7/h2-4,6-7,9H,5H2,1H3. The van der Waals surface area contributed by atoms with Crippen molar-refractivity contribution in [2.75, 3.05) is 6.54 Å². The molecule has 11 heavy (non-hydrogen) atoms.